The molecule has 2 unspecified atom stereocenters. The number of benzene rings is 1. The highest BCUT2D eigenvalue weighted by Crippen LogP contribution is 2.49. The van der Waals surface area contributed by atoms with Gasteiger partial charge in [-0.3, -0.25) is 0 Å². The maximum atomic E-state index is 11.3. The Morgan fingerprint density at radius 1 is 1.32 bits per heavy atom. The lowest BCUT2D eigenvalue weighted by atomic mass is 9.61. The third-order valence-electron chi connectivity index (χ3n) is 5.43. The summed E-state index contributed by atoms with van der Waals surface area (Å²) in [6.45, 7) is 4.47. The molecule has 2 aliphatic rings. The molecule has 2 atom stereocenters. The molecule has 3 nitrogen and oxygen atoms in total. The molecule has 104 valence electrons. The van der Waals surface area contributed by atoms with Gasteiger partial charge in [-0.15, -0.1) is 0 Å². The number of aliphatic hydroxyl groups is 1. The largest absolute Gasteiger partial charge is 0.389 e. The second-order valence-electron chi connectivity index (χ2n) is 6.39. The van der Waals surface area contributed by atoms with E-state index in [0.29, 0.717) is 6.54 Å². The average molecular weight is 260 g/mol. The Balaban J connectivity index is 1.98. The minimum Gasteiger partial charge on any atom is -0.389 e. The van der Waals surface area contributed by atoms with Gasteiger partial charge in [-0.25, -0.2) is 0 Å². The van der Waals surface area contributed by atoms with Crippen LogP contribution in [0.4, 0.5) is 0 Å². The molecule has 4 N–H and O–H groups in total. The third-order valence-corrected chi connectivity index (χ3v) is 5.43. The quantitative estimate of drug-likeness (QED) is 0.746. The van der Waals surface area contributed by atoms with E-state index in [9.17, 15) is 5.11 Å². The van der Waals surface area contributed by atoms with Crippen molar-refractivity contribution < 1.29 is 5.11 Å². The first-order chi connectivity index (χ1) is 9.11. The van der Waals surface area contributed by atoms with Gasteiger partial charge in [0.25, 0.3) is 0 Å². The zero-order chi connectivity index (χ0) is 13.5. The van der Waals surface area contributed by atoms with Crippen LogP contribution in [-0.4, -0.2) is 30.3 Å². The summed E-state index contributed by atoms with van der Waals surface area (Å²) in [5.41, 5.74) is 8.05. The zero-order valence-electron chi connectivity index (χ0n) is 11.7. The van der Waals surface area contributed by atoms with Crippen LogP contribution in [-0.2, 0) is 12.8 Å². The summed E-state index contributed by atoms with van der Waals surface area (Å²) in [7, 11) is 0. The smallest absolute Gasteiger partial charge is 0.0771 e. The number of rotatable bonds is 2. The maximum Gasteiger partial charge on any atom is 0.0771 e. The van der Waals surface area contributed by atoms with Crippen molar-refractivity contribution in [2.24, 2.45) is 17.1 Å². The second-order valence-corrected chi connectivity index (χ2v) is 6.39. The van der Waals surface area contributed by atoms with E-state index in [0.717, 1.165) is 32.4 Å². The molecule has 1 aromatic carbocycles. The van der Waals surface area contributed by atoms with Crippen LogP contribution in [0, 0.1) is 11.3 Å². The number of fused-ring (bicyclic) bond motifs is 1. The van der Waals surface area contributed by atoms with E-state index in [-0.39, 0.29) is 11.3 Å². The molecule has 0 amide bonds. The molecule has 0 bridgehead atoms. The highest BCUT2D eigenvalue weighted by molar-refractivity contribution is 5.36. The molecule has 1 aromatic rings. The van der Waals surface area contributed by atoms with E-state index in [1.54, 1.807) is 0 Å². The molecule has 1 saturated heterocycles. The van der Waals surface area contributed by atoms with E-state index in [1.165, 1.54) is 11.1 Å². The Bertz CT molecular complexity index is 449. The maximum absolute atomic E-state index is 11.3. The average Bonchev–Trinajstić information content (AvgIpc) is 2.82. The number of hydrogen-bond donors (Lipinski definition) is 3. The van der Waals surface area contributed by atoms with Crippen LogP contribution in [0.15, 0.2) is 24.3 Å². The lowest BCUT2D eigenvalue weighted by Crippen LogP contribution is -2.62. The Labute approximate surface area is 115 Å². The summed E-state index contributed by atoms with van der Waals surface area (Å²) < 4.78 is 0. The molecule has 19 heavy (non-hydrogen) atoms. The van der Waals surface area contributed by atoms with Crippen LogP contribution in [0.25, 0.3) is 0 Å². The van der Waals surface area contributed by atoms with Gasteiger partial charge in [0.15, 0.2) is 0 Å². The van der Waals surface area contributed by atoms with Gasteiger partial charge in [-0.2, -0.15) is 0 Å². The summed E-state index contributed by atoms with van der Waals surface area (Å²) in [6.07, 6.45) is 2.64. The van der Waals surface area contributed by atoms with Gasteiger partial charge in [0.1, 0.15) is 0 Å². The fourth-order valence-corrected chi connectivity index (χ4v) is 4.12. The fourth-order valence-electron chi connectivity index (χ4n) is 4.12. The van der Waals surface area contributed by atoms with Gasteiger partial charge >= 0.3 is 0 Å². The van der Waals surface area contributed by atoms with Gasteiger partial charge in [0.05, 0.1) is 5.60 Å². The van der Waals surface area contributed by atoms with E-state index < -0.39 is 5.60 Å². The SMILES string of the molecule is CC1CNCCC1(O)C1(CN)Cc2ccccc2C1. The molecular formula is C16H24N2O. The van der Waals surface area contributed by atoms with Crippen molar-refractivity contribution in [1.29, 1.82) is 0 Å². The third kappa shape index (κ3) is 1.83. The van der Waals surface area contributed by atoms with Gasteiger partial charge in [-0.1, -0.05) is 31.2 Å². The Hall–Kier alpha value is -0.900. The zero-order valence-corrected chi connectivity index (χ0v) is 11.7. The van der Waals surface area contributed by atoms with Crippen molar-refractivity contribution in [2.45, 2.75) is 31.8 Å². The van der Waals surface area contributed by atoms with Crippen molar-refractivity contribution in [1.82, 2.24) is 5.32 Å². The summed E-state index contributed by atoms with van der Waals surface area (Å²) >= 11 is 0. The lowest BCUT2D eigenvalue weighted by Gasteiger charge is -2.51. The van der Waals surface area contributed by atoms with Crippen molar-refractivity contribution in [3.05, 3.63) is 35.4 Å². The summed E-state index contributed by atoms with van der Waals surface area (Å²) in [6, 6.07) is 8.53. The number of nitrogens with two attached hydrogens (primary N) is 1. The highest BCUT2D eigenvalue weighted by Gasteiger charge is 2.55. The van der Waals surface area contributed by atoms with Crippen LogP contribution in [0.2, 0.25) is 0 Å². The number of piperidine rings is 1. The molecule has 0 radical (unpaired) electrons. The molecule has 0 spiro atoms. The molecule has 0 aromatic heterocycles. The van der Waals surface area contributed by atoms with Crippen LogP contribution >= 0.6 is 0 Å². The molecule has 1 fully saturated rings. The van der Waals surface area contributed by atoms with Crippen molar-refractivity contribution in [3.63, 3.8) is 0 Å². The minimum atomic E-state index is -0.647. The Morgan fingerprint density at radius 2 is 1.95 bits per heavy atom. The predicted octanol–water partition coefficient (Wildman–Crippen LogP) is 1.09. The summed E-state index contributed by atoms with van der Waals surface area (Å²) in [5.74, 6) is 0.249. The Kier molecular flexibility index (Phi) is 3.16. The molecule has 3 rings (SSSR count). The van der Waals surface area contributed by atoms with Crippen LogP contribution in [0.1, 0.15) is 24.5 Å². The molecule has 3 heteroatoms. The van der Waals surface area contributed by atoms with Gasteiger partial charge < -0.3 is 16.2 Å². The highest BCUT2D eigenvalue weighted by atomic mass is 16.3. The second kappa shape index (κ2) is 4.58. The topological polar surface area (TPSA) is 58.3 Å². The van der Waals surface area contributed by atoms with E-state index >= 15 is 0 Å². The van der Waals surface area contributed by atoms with Gasteiger partial charge in [0, 0.05) is 18.5 Å². The normalized spacial score (nSPS) is 33.1. The Morgan fingerprint density at radius 3 is 2.47 bits per heavy atom. The van der Waals surface area contributed by atoms with Gasteiger partial charge in [0.2, 0.25) is 0 Å². The van der Waals surface area contributed by atoms with Crippen molar-refractivity contribution in [2.75, 3.05) is 19.6 Å². The van der Waals surface area contributed by atoms with Crippen molar-refractivity contribution in [3.8, 4) is 0 Å². The van der Waals surface area contributed by atoms with Crippen molar-refractivity contribution >= 4 is 0 Å². The number of nitrogens with one attached hydrogen (secondary N) is 1. The first-order valence-electron chi connectivity index (χ1n) is 7.31. The van der Waals surface area contributed by atoms with E-state index in [4.69, 9.17) is 5.73 Å². The fraction of sp³-hybridized carbons (Fsp3) is 0.625. The van der Waals surface area contributed by atoms with E-state index in [1.807, 2.05) is 0 Å². The summed E-state index contributed by atoms with van der Waals surface area (Å²) in [5, 5.41) is 14.7. The van der Waals surface area contributed by atoms with Gasteiger partial charge in [-0.05, 0) is 42.9 Å². The standard InChI is InChI=1S/C16H24N2O/c1-12-10-18-7-6-16(12,19)15(11-17)8-13-4-2-3-5-14(13)9-15/h2-5,12,18-19H,6-11,17H2,1H3. The molecule has 0 saturated carbocycles. The lowest BCUT2D eigenvalue weighted by molar-refractivity contribution is -0.130. The molecule has 1 aliphatic carbocycles. The molecule has 1 aliphatic heterocycles. The van der Waals surface area contributed by atoms with Crippen LogP contribution < -0.4 is 11.1 Å². The first-order valence-corrected chi connectivity index (χ1v) is 7.31. The van der Waals surface area contributed by atoms with Crippen LogP contribution in [0.3, 0.4) is 0 Å². The van der Waals surface area contributed by atoms with Crippen LogP contribution in [0.5, 0.6) is 0 Å². The molecule has 1 heterocycles. The predicted molar refractivity (Wildman–Crippen MR) is 76.9 cm³/mol. The first kappa shape index (κ1) is 13.1. The monoisotopic (exact) mass is 260 g/mol. The van der Waals surface area contributed by atoms with E-state index in [2.05, 4.69) is 36.5 Å². The minimum absolute atomic E-state index is 0.182. The summed E-state index contributed by atoms with van der Waals surface area (Å²) in [4.78, 5) is 0. The molecular weight excluding hydrogens is 236 g/mol. The number of hydrogen-bond acceptors (Lipinski definition) is 3.